The number of carbonyl (C=O) groups is 1. The smallest absolute Gasteiger partial charge is 0.310 e. The van der Waals surface area contributed by atoms with Crippen LogP contribution in [-0.4, -0.2) is 5.97 Å². The number of esters is 1. The third-order valence-corrected chi connectivity index (χ3v) is 3.64. The molecule has 0 aromatic heterocycles. The van der Waals surface area contributed by atoms with E-state index in [0.29, 0.717) is 0 Å². The summed E-state index contributed by atoms with van der Waals surface area (Å²) < 4.78 is 6.37. The van der Waals surface area contributed by atoms with Crippen molar-refractivity contribution in [1.29, 1.82) is 0 Å². The van der Waals surface area contributed by atoms with Crippen molar-refractivity contribution in [3.05, 3.63) is 70.2 Å². The Hall–Kier alpha value is -1.61. The van der Waals surface area contributed by atoms with Crippen molar-refractivity contribution in [3.8, 4) is 0 Å². The molecule has 0 aliphatic rings. The van der Waals surface area contributed by atoms with E-state index >= 15 is 0 Å². The van der Waals surface area contributed by atoms with Gasteiger partial charge in [0, 0.05) is 4.47 Å². The summed E-state index contributed by atoms with van der Waals surface area (Å²) in [4.78, 5) is 11.9. The zero-order valence-corrected chi connectivity index (χ0v) is 12.3. The largest absolute Gasteiger partial charge is 0.458 e. The lowest BCUT2D eigenvalue weighted by Crippen LogP contribution is -2.11. The highest BCUT2D eigenvalue weighted by molar-refractivity contribution is 9.10. The van der Waals surface area contributed by atoms with Crippen molar-refractivity contribution < 1.29 is 9.53 Å². The molecule has 0 N–H and O–H groups in total. The molecule has 0 heterocycles. The van der Waals surface area contributed by atoms with Gasteiger partial charge in [0.15, 0.2) is 0 Å². The molecule has 19 heavy (non-hydrogen) atoms. The van der Waals surface area contributed by atoms with Gasteiger partial charge in [-0.15, -0.1) is 0 Å². The van der Waals surface area contributed by atoms with E-state index in [4.69, 9.17) is 4.74 Å². The number of benzene rings is 2. The lowest BCUT2D eigenvalue weighted by Gasteiger charge is -2.13. The van der Waals surface area contributed by atoms with Crippen LogP contribution in [0.2, 0.25) is 0 Å². The molecule has 0 spiro atoms. The maximum Gasteiger partial charge on any atom is 0.310 e. The predicted octanol–water partition coefficient (Wildman–Crippen LogP) is 4.30. The summed E-state index contributed by atoms with van der Waals surface area (Å²) in [5, 5.41) is 0. The van der Waals surface area contributed by atoms with Crippen LogP contribution in [0.1, 0.15) is 24.2 Å². The van der Waals surface area contributed by atoms with Crippen molar-refractivity contribution in [1.82, 2.24) is 0 Å². The van der Waals surface area contributed by atoms with E-state index in [0.717, 1.165) is 15.6 Å². The summed E-state index contributed by atoms with van der Waals surface area (Å²) in [7, 11) is 0. The van der Waals surface area contributed by atoms with Crippen LogP contribution in [0.5, 0.6) is 0 Å². The van der Waals surface area contributed by atoms with E-state index in [1.54, 1.807) is 0 Å². The van der Waals surface area contributed by atoms with Gasteiger partial charge in [-0.1, -0.05) is 64.5 Å². The Labute approximate surface area is 121 Å². The highest BCUT2D eigenvalue weighted by Gasteiger charge is 2.13. The van der Waals surface area contributed by atoms with Crippen LogP contribution >= 0.6 is 15.9 Å². The molecular formula is C16H15BrO2. The van der Waals surface area contributed by atoms with Gasteiger partial charge in [-0.25, -0.2) is 0 Å². The summed E-state index contributed by atoms with van der Waals surface area (Å²) in [6.07, 6.45) is 0.0506. The molecule has 2 aromatic rings. The number of hydrogen-bond donors (Lipinski definition) is 0. The lowest BCUT2D eigenvalue weighted by molar-refractivity contribution is -0.147. The molecule has 0 amide bonds. The second kappa shape index (κ2) is 6.53. The van der Waals surface area contributed by atoms with Gasteiger partial charge in [-0.05, 0) is 24.1 Å². The molecule has 0 bridgehead atoms. The Kier molecular flexibility index (Phi) is 4.74. The summed E-state index contributed by atoms with van der Waals surface area (Å²) in [6, 6.07) is 17.4. The van der Waals surface area contributed by atoms with Crippen molar-refractivity contribution >= 4 is 21.9 Å². The van der Waals surface area contributed by atoms with Crippen LogP contribution in [0.25, 0.3) is 0 Å². The zero-order chi connectivity index (χ0) is 13.7. The molecule has 0 fully saturated rings. The minimum absolute atomic E-state index is 0.219. The van der Waals surface area contributed by atoms with Gasteiger partial charge >= 0.3 is 5.97 Å². The first-order valence-corrected chi connectivity index (χ1v) is 6.94. The van der Waals surface area contributed by atoms with Crippen molar-refractivity contribution in [2.45, 2.75) is 19.4 Å². The first-order chi connectivity index (χ1) is 9.16. The highest BCUT2D eigenvalue weighted by Crippen LogP contribution is 2.20. The zero-order valence-electron chi connectivity index (χ0n) is 10.7. The molecule has 2 aromatic carbocycles. The van der Waals surface area contributed by atoms with E-state index in [1.165, 1.54) is 0 Å². The van der Waals surface area contributed by atoms with Crippen molar-refractivity contribution in [3.63, 3.8) is 0 Å². The maximum absolute atomic E-state index is 11.9. The second-order valence-corrected chi connectivity index (χ2v) is 5.17. The molecule has 3 heteroatoms. The minimum atomic E-state index is -0.226. The van der Waals surface area contributed by atoms with Crippen molar-refractivity contribution in [2.24, 2.45) is 0 Å². The Morgan fingerprint density at radius 3 is 2.42 bits per heavy atom. The fraction of sp³-hybridized carbons (Fsp3) is 0.188. The molecule has 98 valence electrons. The van der Waals surface area contributed by atoms with E-state index in [1.807, 2.05) is 61.5 Å². The predicted molar refractivity (Wildman–Crippen MR) is 78.8 cm³/mol. The SMILES string of the molecule is C[C@@H](OC(=O)Cc1ccccc1Br)c1ccccc1. The molecule has 0 radical (unpaired) electrons. The summed E-state index contributed by atoms with van der Waals surface area (Å²) >= 11 is 3.43. The van der Waals surface area contributed by atoms with E-state index in [9.17, 15) is 4.79 Å². The number of halogens is 1. The average molecular weight is 319 g/mol. The quantitative estimate of drug-likeness (QED) is 0.786. The third kappa shape index (κ3) is 3.93. The monoisotopic (exact) mass is 318 g/mol. The molecule has 2 nitrogen and oxygen atoms in total. The van der Waals surface area contributed by atoms with Crippen LogP contribution < -0.4 is 0 Å². The fourth-order valence-corrected chi connectivity index (χ4v) is 2.25. The number of hydrogen-bond acceptors (Lipinski definition) is 2. The van der Waals surface area contributed by atoms with Gasteiger partial charge in [0.1, 0.15) is 6.10 Å². The molecule has 0 aliphatic carbocycles. The fourth-order valence-electron chi connectivity index (χ4n) is 1.83. The first-order valence-electron chi connectivity index (χ1n) is 6.14. The van der Waals surface area contributed by atoms with E-state index in [-0.39, 0.29) is 18.5 Å². The van der Waals surface area contributed by atoms with Gasteiger partial charge < -0.3 is 4.74 Å². The Morgan fingerprint density at radius 1 is 1.11 bits per heavy atom. The molecule has 2 rings (SSSR count). The Bertz CT molecular complexity index is 552. The summed E-state index contributed by atoms with van der Waals surface area (Å²) in [5.74, 6) is -0.219. The van der Waals surface area contributed by atoms with Crippen LogP contribution in [0.4, 0.5) is 0 Å². The minimum Gasteiger partial charge on any atom is -0.458 e. The van der Waals surface area contributed by atoms with E-state index < -0.39 is 0 Å². The summed E-state index contributed by atoms with van der Waals surface area (Å²) in [5.41, 5.74) is 1.94. The standard InChI is InChI=1S/C16H15BrO2/c1-12(13-7-3-2-4-8-13)19-16(18)11-14-9-5-6-10-15(14)17/h2-10,12H,11H2,1H3/t12-/m1/s1. The van der Waals surface area contributed by atoms with Crippen molar-refractivity contribution in [2.75, 3.05) is 0 Å². The third-order valence-electron chi connectivity index (χ3n) is 2.87. The molecule has 0 unspecified atom stereocenters. The number of rotatable bonds is 4. The topological polar surface area (TPSA) is 26.3 Å². The molecule has 0 aliphatic heterocycles. The van der Waals surface area contributed by atoms with Gasteiger partial charge in [0.25, 0.3) is 0 Å². The van der Waals surface area contributed by atoms with Crippen LogP contribution in [0.3, 0.4) is 0 Å². The molecular weight excluding hydrogens is 304 g/mol. The van der Waals surface area contributed by atoms with Gasteiger partial charge in [-0.3, -0.25) is 4.79 Å². The second-order valence-electron chi connectivity index (χ2n) is 4.31. The van der Waals surface area contributed by atoms with Crippen LogP contribution in [0.15, 0.2) is 59.1 Å². The highest BCUT2D eigenvalue weighted by atomic mass is 79.9. The number of ether oxygens (including phenoxy) is 1. The maximum atomic E-state index is 11.9. The Morgan fingerprint density at radius 2 is 1.74 bits per heavy atom. The number of carbonyl (C=O) groups excluding carboxylic acids is 1. The molecule has 0 saturated carbocycles. The Balaban J connectivity index is 1.97. The summed E-state index contributed by atoms with van der Waals surface area (Å²) in [6.45, 7) is 1.88. The van der Waals surface area contributed by atoms with E-state index in [2.05, 4.69) is 15.9 Å². The van der Waals surface area contributed by atoms with Gasteiger partial charge in [-0.2, -0.15) is 0 Å². The normalized spacial score (nSPS) is 11.9. The first kappa shape index (κ1) is 13.8. The lowest BCUT2D eigenvalue weighted by atomic mass is 10.1. The van der Waals surface area contributed by atoms with Gasteiger partial charge in [0.2, 0.25) is 0 Å². The van der Waals surface area contributed by atoms with Gasteiger partial charge in [0.05, 0.1) is 6.42 Å². The molecule has 0 saturated heterocycles. The van der Waals surface area contributed by atoms with Crippen LogP contribution in [0, 0.1) is 0 Å². The molecule has 1 atom stereocenters. The average Bonchev–Trinajstić information content (AvgIpc) is 2.42. The van der Waals surface area contributed by atoms with Crippen LogP contribution in [-0.2, 0) is 16.0 Å².